The molecule has 0 atom stereocenters. The van der Waals surface area contributed by atoms with Crippen molar-refractivity contribution >= 4 is 23.5 Å². The number of carbonyl (C=O) groups is 2. The van der Waals surface area contributed by atoms with E-state index in [-0.39, 0.29) is 11.8 Å². The van der Waals surface area contributed by atoms with Gasteiger partial charge in [-0.25, -0.2) is 9.97 Å². The molecule has 2 aliphatic heterocycles. The summed E-state index contributed by atoms with van der Waals surface area (Å²) in [6.45, 7) is 8.81. The van der Waals surface area contributed by atoms with E-state index in [0.29, 0.717) is 56.7 Å². The van der Waals surface area contributed by atoms with Gasteiger partial charge in [-0.1, -0.05) is 51.3 Å². The Morgan fingerprint density at radius 2 is 1.58 bits per heavy atom. The Kier molecular flexibility index (Phi) is 9.28. The quantitative estimate of drug-likeness (QED) is 0.632. The summed E-state index contributed by atoms with van der Waals surface area (Å²) in [6, 6.07) is 8.01. The first-order chi connectivity index (χ1) is 17.5. The number of para-hydroxylation sites is 1. The van der Waals surface area contributed by atoms with E-state index in [2.05, 4.69) is 28.7 Å². The number of fused-ring (bicyclic) bond motifs is 1. The fraction of sp³-hybridized carbons (Fsp3) is 0.571. The van der Waals surface area contributed by atoms with Crippen LogP contribution in [0.4, 0.5) is 11.6 Å². The summed E-state index contributed by atoms with van der Waals surface area (Å²) in [5.41, 5.74) is 2.40. The maximum absolute atomic E-state index is 13.6. The third kappa shape index (κ3) is 6.81. The van der Waals surface area contributed by atoms with Crippen LogP contribution < -0.4 is 9.80 Å². The van der Waals surface area contributed by atoms with Gasteiger partial charge in [0, 0.05) is 57.2 Å². The number of benzene rings is 1. The SMILES string of the molecule is CC(C)CC(=O)N1CCCCCCCN(C(=O)c2cnc(N3CCOCC3)nc2)Cc2ccccc21. The van der Waals surface area contributed by atoms with Gasteiger partial charge in [0.15, 0.2) is 0 Å². The second-order valence-electron chi connectivity index (χ2n) is 10.1. The van der Waals surface area contributed by atoms with Gasteiger partial charge in [0.05, 0.1) is 18.8 Å². The molecule has 36 heavy (non-hydrogen) atoms. The van der Waals surface area contributed by atoms with Crippen LogP contribution in [0.1, 0.15) is 68.3 Å². The van der Waals surface area contributed by atoms with Crippen LogP contribution in [-0.4, -0.2) is 66.1 Å². The predicted molar refractivity (Wildman–Crippen MR) is 141 cm³/mol. The van der Waals surface area contributed by atoms with Gasteiger partial charge >= 0.3 is 0 Å². The van der Waals surface area contributed by atoms with Crippen molar-refractivity contribution in [2.45, 2.75) is 58.9 Å². The molecule has 3 heterocycles. The van der Waals surface area contributed by atoms with Gasteiger partial charge in [-0.2, -0.15) is 0 Å². The van der Waals surface area contributed by atoms with E-state index >= 15 is 0 Å². The molecule has 8 heteroatoms. The molecule has 0 saturated carbocycles. The second kappa shape index (κ2) is 12.8. The number of ether oxygens (including phenoxy) is 1. The molecule has 1 saturated heterocycles. The van der Waals surface area contributed by atoms with Crippen molar-refractivity contribution < 1.29 is 14.3 Å². The summed E-state index contributed by atoms with van der Waals surface area (Å²) in [4.78, 5) is 41.7. The first-order valence-electron chi connectivity index (χ1n) is 13.3. The van der Waals surface area contributed by atoms with Gasteiger partial charge in [0.1, 0.15) is 0 Å². The van der Waals surface area contributed by atoms with Gasteiger partial charge in [-0.05, 0) is 30.4 Å². The Hall–Kier alpha value is -3.00. The monoisotopic (exact) mass is 493 g/mol. The van der Waals surface area contributed by atoms with E-state index in [1.54, 1.807) is 12.4 Å². The van der Waals surface area contributed by atoms with Crippen LogP contribution in [0.2, 0.25) is 0 Å². The minimum atomic E-state index is -0.0737. The van der Waals surface area contributed by atoms with Crippen LogP contribution in [0.5, 0.6) is 0 Å². The Labute approximate surface area is 214 Å². The zero-order chi connectivity index (χ0) is 25.3. The predicted octanol–water partition coefficient (Wildman–Crippen LogP) is 4.30. The van der Waals surface area contributed by atoms with Crippen LogP contribution in [0.15, 0.2) is 36.7 Å². The van der Waals surface area contributed by atoms with E-state index in [1.165, 1.54) is 0 Å². The van der Waals surface area contributed by atoms with Crippen LogP contribution in [0.3, 0.4) is 0 Å². The number of hydrogen-bond donors (Lipinski definition) is 0. The minimum Gasteiger partial charge on any atom is -0.378 e. The van der Waals surface area contributed by atoms with Crippen molar-refractivity contribution in [2.75, 3.05) is 49.2 Å². The number of aromatic nitrogens is 2. The summed E-state index contributed by atoms with van der Waals surface area (Å²) >= 11 is 0. The lowest BCUT2D eigenvalue weighted by molar-refractivity contribution is -0.119. The topological polar surface area (TPSA) is 78.9 Å². The van der Waals surface area contributed by atoms with Crippen molar-refractivity contribution in [1.82, 2.24) is 14.9 Å². The zero-order valence-electron chi connectivity index (χ0n) is 21.7. The lowest BCUT2D eigenvalue weighted by Gasteiger charge is -2.30. The van der Waals surface area contributed by atoms with E-state index in [9.17, 15) is 9.59 Å². The smallest absolute Gasteiger partial charge is 0.257 e. The van der Waals surface area contributed by atoms with Crippen LogP contribution >= 0.6 is 0 Å². The molecule has 1 fully saturated rings. The third-order valence-electron chi connectivity index (χ3n) is 6.80. The van der Waals surface area contributed by atoms with E-state index in [0.717, 1.165) is 56.4 Å². The fourth-order valence-electron chi connectivity index (χ4n) is 4.85. The molecule has 0 bridgehead atoms. The Balaban J connectivity index is 1.57. The summed E-state index contributed by atoms with van der Waals surface area (Å²) in [7, 11) is 0. The molecular formula is C28H39N5O3. The van der Waals surface area contributed by atoms with Crippen LogP contribution in [-0.2, 0) is 16.1 Å². The molecule has 1 aromatic carbocycles. The van der Waals surface area contributed by atoms with E-state index in [1.807, 2.05) is 34.1 Å². The number of hydrogen-bond acceptors (Lipinski definition) is 6. The highest BCUT2D eigenvalue weighted by Crippen LogP contribution is 2.26. The molecule has 8 nitrogen and oxygen atoms in total. The maximum Gasteiger partial charge on any atom is 0.257 e. The molecule has 2 aliphatic rings. The molecule has 0 N–H and O–H groups in total. The van der Waals surface area contributed by atoms with Crippen molar-refractivity contribution in [3.05, 3.63) is 47.8 Å². The van der Waals surface area contributed by atoms with E-state index in [4.69, 9.17) is 4.74 Å². The van der Waals surface area contributed by atoms with Crippen molar-refractivity contribution in [3.63, 3.8) is 0 Å². The summed E-state index contributed by atoms with van der Waals surface area (Å²) in [5, 5.41) is 0. The highest BCUT2D eigenvalue weighted by molar-refractivity contribution is 5.95. The van der Waals surface area contributed by atoms with Gasteiger partial charge in [0.2, 0.25) is 11.9 Å². The summed E-state index contributed by atoms with van der Waals surface area (Å²) in [5.74, 6) is 1.01. The molecule has 2 aromatic rings. The Morgan fingerprint density at radius 3 is 2.31 bits per heavy atom. The normalized spacial score (nSPS) is 17.8. The van der Waals surface area contributed by atoms with E-state index < -0.39 is 0 Å². The first kappa shape index (κ1) is 26.1. The largest absolute Gasteiger partial charge is 0.378 e. The molecular weight excluding hydrogens is 454 g/mol. The Morgan fingerprint density at radius 1 is 0.917 bits per heavy atom. The van der Waals surface area contributed by atoms with Gasteiger partial charge in [-0.15, -0.1) is 0 Å². The molecule has 0 radical (unpaired) electrons. The van der Waals surface area contributed by atoms with Crippen molar-refractivity contribution in [2.24, 2.45) is 5.92 Å². The number of rotatable bonds is 4. The van der Waals surface area contributed by atoms with Crippen LogP contribution in [0, 0.1) is 5.92 Å². The summed E-state index contributed by atoms with van der Waals surface area (Å²) in [6.07, 6.45) is 9.00. The van der Waals surface area contributed by atoms with Crippen LogP contribution in [0.25, 0.3) is 0 Å². The van der Waals surface area contributed by atoms with Crippen molar-refractivity contribution in [3.8, 4) is 0 Å². The molecule has 2 amide bonds. The maximum atomic E-state index is 13.6. The molecule has 0 unspecified atom stereocenters. The fourth-order valence-corrected chi connectivity index (χ4v) is 4.85. The highest BCUT2D eigenvalue weighted by Gasteiger charge is 2.24. The number of nitrogens with zero attached hydrogens (tertiary/aromatic N) is 5. The number of morpholine rings is 1. The first-order valence-corrected chi connectivity index (χ1v) is 13.3. The molecule has 0 aliphatic carbocycles. The van der Waals surface area contributed by atoms with Gasteiger partial charge < -0.3 is 19.4 Å². The molecule has 4 rings (SSSR count). The molecule has 194 valence electrons. The third-order valence-corrected chi connectivity index (χ3v) is 6.80. The van der Waals surface area contributed by atoms with Gasteiger partial charge in [0.25, 0.3) is 5.91 Å². The lowest BCUT2D eigenvalue weighted by atomic mass is 10.0. The highest BCUT2D eigenvalue weighted by atomic mass is 16.5. The van der Waals surface area contributed by atoms with Gasteiger partial charge in [-0.3, -0.25) is 9.59 Å². The second-order valence-corrected chi connectivity index (χ2v) is 10.1. The lowest BCUT2D eigenvalue weighted by Crippen LogP contribution is -2.37. The Bertz CT molecular complexity index is 1000. The number of amides is 2. The minimum absolute atomic E-state index is 0.0737. The van der Waals surface area contributed by atoms with Crippen molar-refractivity contribution in [1.29, 1.82) is 0 Å². The average Bonchev–Trinajstić information content (AvgIpc) is 2.89. The number of anilines is 2. The standard InChI is InChI=1S/C28H39N5O3/c1-22(2)18-26(34)33-13-9-5-3-4-8-12-32(21-23-10-6-7-11-25(23)33)27(35)24-19-29-28(30-20-24)31-14-16-36-17-15-31/h6-7,10-11,19-20,22H,3-5,8-9,12-18,21H2,1-2H3. The average molecular weight is 494 g/mol. The summed E-state index contributed by atoms with van der Waals surface area (Å²) < 4.78 is 5.41. The zero-order valence-corrected chi connectivity index (χ0v) is 21.7. The molecule has 1 aromatic heterocycles. The molecule has 0 spiro atoms. The number of carbonyl (C=O) groups excluding carboxylic acids is 2.